The topological polar surface area (TPSA) is 22.8 Å². The zero-order valence-corrected chi connectivity index (χ0v) is 32.9. The van der Waals surface area contributed by atoms with Gasteiger partial charge in [-0.3, -0.25) is 4.98 Å². The molecule has 0 fully saturated rings. The normalized spacial score (nSPS) is 13.1. The van der Waals surface area contributed by atoms with Crippen molar-refractivity contribution in [3.8, 4) is 55.9 Å². The van der Waals surface area contributed by atoms with Crippen LogP contribution in [0.1, 0.15) is 25.0 Å². The summed E-state index contributed by atoms with van der Waals surface area (Å²) in [6, 6.07) is 69.1. The fourth-order valence-corrected chi connectivity index (χ4v) is 9.90. The van der Waals surface area contributed by atoms with Crippen molar-refractivity contribution >= 4 is 43.6 Å². The standard InChI is InChI=1S/C56H39N3/c1-56(2)50-17-8-6-15-44(50)45-26-25-43(34-51(45)56)58-52-18-9-7-16-46(52)48-32-40(23-27-53(48)58)37-19-21-38(22-20-37)41-24-28-54-49(33-41)47-29-30-57-35-55(47)59(54)42-14-10-13-39(31-42)36-11-4-3-5-12-36/h3-35H,1-2H3. The number of fused-ring (bicyclic) bond motifs is 9. The van der Waals surface area contributed by atoms with E-state index in [1.807, 2.05) is 12.4 Å². The highest BCUT2D eigenvalue weighted by Gasteiger charge is 2.35. The first-order valence-electron chi connectivity index (χ1n) is 20.4. The smallest absolute Gasteiger partial charge is 0.0724 e. The maximum atomic E-state index is 4.55. The lowest BCUT2D eigenvalue weighted by atomic mass is 9.82. The Morgan fingerprint density at radius 2 is 0.898 bits per heavy atom. The van der Waals surface area contributed by atoms with Gasteiger partial charge in [-0.1, -0.05) is 141 Å². The third-order valence-corrected chi connectivity index (χ3v) is 12.8. The number of nitrogens with zero attached hydrogens (tertiary/aromatic N) is 3. The number of aromatic nitrogens is 3. The molecule has 0 radical (unpaired) electrons. The molecule has 278 valence electrons. The van der Waals surface area contributed by atoms with E-state index in [1.165, 1.54) is 99.4 Å². The summed E-state index contributed by atoms with van der Waals surface area (Å²) < 4.78 is 4.79. The Balaban J connectivity index is 0.910. The van der Waals surface area contributed by atoms with Crippen molar-refractivity contribution in [1.29, 1.82) is 0 Å². The van der Waals surface area contributed by atoms with Gasteiger partial charge < -0.3 is 9.13 Å². The fourth-order valence-electron chi connectivity index (χ4n) is 9.90. The van der Waals surface area contributed by atoms with Crippen LogP contribution >= 0.6 is 0 Å². The number of pyridine rings is 1. The first kappa shape index (κ1) is 33.6. The predicted molar refractivity (Wildman–Crippen MR) is 247 cm³/mol. The van der Waals surface area contributed by atoms with Crippen molar-refractivity contribution in [2.45, 2.75) is 19.3 Å². The Morgan fingerprint density at radius 3 is 1.66 bits per heavy atom. The highest BCUT2D eigenvalue weighted by molar-refractivity contribution is 6.11. The van der Waals surface area contributed by atoms with E-state index in [0.717, 1.165) is 11.2 Å². The predicted octanol–water partition coefficient (Wildman–Crippen LogP) is 14.6. The molecule has 0 N–H and O–H groups in total. The largest absolute Gasteiger partial charge is 0.309 e. The number of rotatable bonds is 5. The maximum Gasteiger partial charge on any atom is 0.0724 e. The molecule has 0 atom stereocenters. The summed E-state index contributed by atoms with van der Waals surface area (Å²) in [7, 11) is 0. The third-order valence-electron chi connectivity index (χ3n) is 12.8. The first-order valence-corrected chi connectivity index (χ1v) is 20.4. The molecule has 8 aromatic carbocycles. The van der Waals surface area contributed by atoms with E-state index in [2.05, 4.69) is 216 Å². The molecule has 3 heterocycles. The van der Waals surface area contributed by atoms with Crippen LogP contribution in [0.15, 0.2) is 200 Å². The molecule has 0 spiro atoms. The zero-order chi connectivity index (χ0) is 39.2. The Bertz CT molecular complexity index is 3450. The van der Waals surface area contributed by atoms with Crippen molar-refractivity contribution < 1.29 is 0 Å². The van der Waals surface area contributed by atoms with Gasteiger partial charge in [-0.2, -0.15) is 0 Å². The SMILES string of the molecule is CC1(C)c2ccccc2-c2ccc(-n3c4ccccc4c4cc(-c5ccc(-c6ccc7c(c6)c6ccncc6n7-c6cccc(-c7ccccc7)c6)cc5)ccc43)cc21. The Kier molecular flexibility index (Phi) is 7.27. The fraction of sp³-hybridized carbons (Fsp3) is 0.0536. The number of hydrogen-bond donors (Lipinski definition) is 0. The van der Waals surface area contributed by atoms with Crippen molar-refractivity contribution in [3.63, 3.8) is 0 Å². The molecule has 59 heavy (non-hydrogen) atoms. The number of hydrogen-bond acceptors (Lipinski definition) is 1. The van der Waals surface area contributed by atoms with Crippen LogP contribution in [-0.4, -0.2) is 14.1 Å². The molecule has 11 aromatic rings. The van der Waals surface area contributed by atoms with Gasteiger partial charge in [-0.15, -0.1) is 0 Å². The second-order valence-electron chi connectivity index (χ2n) is 16.4. The van der Waals surface area contributed by atoms with E-state index in [4.69, 9.17) is 0 Å². The molecule has 0 saturated carbocycles. The molecule has 0 amide bonds. The Labute approximate surface area is 343 Å². The maximum absolute atomic E-state index is 4.55. The summed E-state index contributed by atoms with van der Waals surface area (Å²) in [5, 5.41) is 4.93. The number of para-hydroxylation sites is 1. The molecule has 0 unspecified atom stereocenters. The molecule has 0 aliphatic heterocycles. The molecular formula is C56H39N3. The van der Waals surface area contributed by atoms with Gasteiger partial charge in [0.1, 0.15) is 0 Å². The summed E-state index contributed by atoms with van der Waals surface area (Å²) in [6.07, 6.45) is 3.88. The average Bonchev–Trinajstić information content (AvgIpc) is 3.89. The van der Waals surface area contributed by atoms with E-state index in [1.54, 1.807) is 0 Å². The zero-order valence-electron chi connectivity index (χ0n) is 32.9. The summed E-state index contributed by atoms with van der Waals surface area (Å²) in [6.45, 7) is 4.71. The van der Waals surface area contributed by atoms with Crippen LogP contribution in [-0.2, 0) is 5.41 Å². The van der Waals surface area contributed by atoms with Gasteiger partial charge in [0, 0.05) is 44.5 Å². The Hall–Kier alpha value is -7.49. The average molecular weight is 754 g/mol. The van der Waals surface area contributed by atoms with E-state index in [9.17, 15) is 0 Å². The van der Waals surface area contributed by atoms with Crippen LogP contribution in [0.25, 0.3) is 99.5 Å². The number of benzene rings is 8. The van der Waals surface area contributed by atoms with E-state index in [-0.39, 0.29) is 5.41 Å². The quantitative estimate of drug-likeness (QED) is 0.172. The van der Waals surface area contributed by atoms with Gasteiger partial charge in [-0.05, 0) is 116 Å². The Morgan fingerprint density at radius 1 is 0.356 bits per heavy atom. The van der Waals surface area contributed by atoms with E-state index >= 15 is 0 Å². The van der Waals surface area contributed by atoms with Crippen molar-refractivity contribution in [2.75, 3.05) is 0 Å². The summed E-state index contributed by atoms with van der Waals surface area (Å²) in [4.78, 5) is 4.55. The molecular weight excluding hydrogens is 715 g/mol. The van der Waals surface area contributed by atoms with Gasteiger partial charge in [0.15, 0.2) is 0 Å². The minimum Gasteiger partial charge on any atom is -0.309 e. The lowest BCUT2D eigenvalue weighted by Crippen LogP contribution is -2.15. The summed E-state index contributed by atoms with van der Waals surface area (Å²) in [5.74, 6) is 0. The molecule has 0 bridgehead atoms. The monoisotopic (exact) mass is 753 g/mol. The molecule has 3 aromatic heterocycles. The van der Waals surface area contributed by atoms with Crippen molar-refractivity contribution in [1.82, 2.24) is 14.1 Å². The second kappa shape index (κ2) is 12.8. The molecule has 3 heteroatoms. The van der Waals surface area contributed by atoms with Gasteiger partial charge in [0.05, 0.1) is 28.3 Å². The van der Waals surface area contributed by atoms with Crippen molar-refractivity contribution in [3.05, 3.63) is 212 Å². The van der Waals surface area contributed by atoms with Crippen LogP contribution in [0.3, 0.4) is 0 Å². The van der Waals surface area contributed by atoms with Crippen LogP contribution in [0, 0.1) is 0 Å². The van der Waals surface area contributed by atoms with E-state index < -0.39 is 0 Å². The first-order chi connectivity index (χ1) is 29.0. The minimum absolute atomic E-state index is 0.0580. The lowest BCUT2D eigenvalue weighted by molar-refractivity contribution is 0.660. The van der Waals surface area contributed by atoms with Crippen LogP contribution in [0.2, 0.25) is 0 Å². The van der Waals surface area contributed by atoms with Crippen molar-refractivity contribution in [2.24, 2.45) is 0 Å². The van der Waals surface area contributed by atoms with Gasteiger partial charge >= 0.3 is 0 Å². The van der Waals surface area contributed by atoms with Crippen LogP contribution < -0.4 is 0 Å². The van der Waals surface area contributed by atoms with Crippen LogP contribution in [0.5, 0.6) is 0 Å². The lowest BCUT2D eigenvalue weighted by Gasteiger charge is -2.22. The third kappa shape index (κ3) is 5.11. The molecule has 1 aliphatic carbocycles. The highest BCUT2D eigenvalue weighted by Crippen LogP contribution is 2.49. The summed E-state index contributed by atoms with van der Waals surface area (Å²) >= 11 is 0. The van der Waals surface area contributed by atoms with Gasteiger partial charge in [0.25, 0.3) is 0 Å². The van der Waals surface area contributed by atoms with Crippen LogP contribution in [0.4, 0.5) is 0 Å². The molecule has 3 nitrogen and oxygen atoms in total. The molecule has 1 aliphatic rings. The summed E-state index contributed by atoms with van der Waals surface area (Å²) in [5.41, 5.74) is 19.6. The minimum atomic E-state index is -0.0580. The highest BCUT2D eigenvalue weighted by atomic mass is 15.0. The van der Waals surface area contributed by atoms with Gasteiger partial charge in [0.2, 0.25) is 0 Å². The van der Waals surface area contributed by atoms with Gasteiger partial charge in [-0.25, -0.2) is 0 Å². The molecule has 0 saturated heterocycles. The second-order valence-corrected chi connectivity index (χ2v) is 16.4. The molecule has 12 rings (SSSR count). The van der Waals surface area contributed by atoms with E-state index in [0.29, 0.717) is 0 Å².